The van der Waals surface area contributed by atoms with E-state index in [0.717, 1.165) is 11.1 Å². The van der Waals surface area contributed by atoms with Crippen molar-refractivity contribution in [2.45, 2.75) is 20.5 Å². The summed E-state index contributed by atoms with van der Waals surface area (Å²) in [7, 11) is 0. The number of carbonyl (C=O) groups excluding carboxylic acids is 1. The highest BCUT2D eigenvalue weighted by molar-refractivity contribution is 5.90. The Morgan fingerprint density at radius 3 is 2.69 bits per heavy atom. The van der Waals surface area contributed by atoms with E-state index in [1.54, 1.807) is 25.1 Å². The lowest BCUT2D eigenvalue weighted by Gasteiger charge is -2.03. The first-order chi connectivity index (χ1) is 12.5. The molecule has 0 fully saturated rings. The molecule has 2 aromatic carbocycles. The van der Waals surface area contributed by atoms with Crippen molar-refractivity contribution < 1.29 is 18.4 Å². The number of halogens is 1. The topological polar surface area (TPSA) is 65.2 Å². The van der Waals surface area contributed by atoms with Crippen LogP contribution in [0, 0.1) is 12.7 Å². The van der Waals surface area contributed by atoms with E-state index in [0.29, 0.717) is 17.0 Å². The maximum atomic E-state index is 13.7. The molecule has 1 aromatic heterocycles. The minimum atomic E-state index is -0.610. The van der Waals surface area contributed by atoms with Crippen molar-refractivity contribution in [2.75, 3.05) is 0 Å². The van der Waals surface area contributed by atoms with E-state index < -0.39 is 11.8 Å². The number of rotatable bonds is 5. The third-order valence-corrected chi connectivity index (χ3v) is 3.83. The summed E-state index contributed by atoms with van der Waals surface area (Å²) in [5.41, 5.74) is 2.69. The summed E-state index contributed by atoms with van der Waals surface area (Å²) < 4.78 is 23.9. The smallest absolute Gasteiger partial charge is 0.331 e. The number of aromatic nitrogens is 2. The molecule has 5 nitrogen and oxygen atoms in total. The fourth-order valence-electron chi connectivity index (χ4n) is 2.46. The molecule has 3 aromatic rings. The molecule has 3 rings (SSSR count). The number of hydrogen-bond acceptors (Lipinski definition) is 5. The zero-order valence-corrected chi connectivity index (χ0v) is 14.4. The maximum absolute atomic E-state index is 13.7. The summed E-state index contributed by atoms with van der Waals surface area (Å²) in [6.07, 6.45) is 1.23. The van der Waals surface area contributed by atoms with Crippen molar-refractivity contribution in [3.8, 4) is 11.4 Å². The van der Waals surface area contributed by atoms with E-state index in [1.807, 2.05) is 31.2 Å². The number of carbonyl (C=O) groups is 1. The van der Waals surface area contributed by atoms with E-state index in [4.69, 9.17) is 9.26 Å². The second-order valence-corrected chi connectivity index (χ2v) is 5.74. The van der Waals surface area contributed by atoms with Gasteiger partial charge in [-0.05, 0) is 31.1 Å². The SMILES string of the molecule is C/C(=C\C(=O)OCc1nc(-c2ccccc2C)no1)c1ccccc1F. The second kappa shape index (κ2) is 7.74. The number of ether oxygens (including phenoxy) is 1. The molecule has 0 spiro atoms. The van der Waals surface area contributed by atoms with Crippen molar-refractivity contribution in [1.82, 2.24) is 10.1 Å². The molecule has 0 aliphatic heterocycles. The van der Waals surface area contributed by atoms with Crippen LogP contribution in [0.3, 0.4) is 0 Å². The molecular formula is C20H17FN2O3. The minimum absolute atomic E-state index is 0.154. The molecule has 0 unspecified atom stereocenters. The Kier molecular flexibility index (Phi) is 5.22. The summed E-state index contributed by atoms with van der Waals surface area (Å²) in [6.45, 7) is 3.43. The minimum Gasteiger partial charge on any atom is -0.452 e. The van der Waals surface area contributed by atoms with Crippen molar-refractivity contribution >= 4 is 11.5 Å². The summed E-state index contributed by atoms with van der Waals surface area (Å²) in [4.78, 5) is 16.2. The monoisotopic (exact) mass is 352 g/mol. The molecule has 0 atom stereocenters. The van der Waals surface area contributed by atoms with Crippen molar-refractivity contribution in [2.24, 2.45) is 0 Å². The number of allylic oxidation sites excluding steroid dienone is 1. The Morgan fingerprint density at radius 2 is 1.92 bits per heavy atom. The van der Waals surface area contributed by atoms with Gasteiger partial charge in [0.2, 0.25) is 5.82 Å². The fraction of sp³-hybridized carbons (Fsp3) is 0.150. The van der Waals surface area contributed by atoms with Gasteiger partial charge >= 0.3 is 5.97 Å². The highest BCUT2D eigenvalue weighted by Gasteiger charge is 2.12. The highest BCUT2D eigenvalue weighted by atomic mass is 19.1. The Labute approximate surface area is 150 Å². The maximum Gasteiger partial charge on any atom is 0.331 e. The summed E-state index contributed by atoms with van der Waals surface area (Å²) in [5.74, 6) is -0.379. The van der Waals surface area contributed by atoms with Crippen LogP contribution in [0.2, 0.25) is 0 Å². The van der Waals surface area contributed by atoms with Gasteiger partial charge in [0.25, 0.3) is 5.89 Å². The van der Waals surface area contributed by atoms with Gasteiger partial charge in [-0.15, -0.1) is 0 Å². The Balaban J connectivity index is 1.65. The predicted octanol–water partition coefficient (Wildman–Crippen LogP) is 4.33. The molecule has 0 N–H and O–H groups in total. The third kappa shape index (κ3) is 4.03. The molecule has 0 radical (unpaired) electrons. The molecular weight excluding hydrogens is 335 g/mol. The van der Waals surface area contributed by atoms with Gasteiger partial charge in [0.15, 0.2) is 6.61 Å². The molecule has 6 heteroatoms. The number of nitrogens with zero attached hydrogens (tertiary/aromatic N) is 2. The van der Waals surface area contributed by atoms with Crippen LogP contribution in [-0.4, -0.2) is 16.1 Å². The van der Waals surface area contributed by atoms with Crippen LogP contribution in [0.15, 0.2) is 59.1 Å². The van der Waals surface area contributed by atoms with Crippen LogP contribution in [0.1, 0.15) is 23.9 Å². The van der Waals surface area contributed by atoms with Gasteiger partial charge < -0.3 is 9.26 Å². The normalized spacial score (nSPS) is 11.4. The number of aryl methyl sites for hydroxylation is 1. The van der Waals surface area contributed by atoms with Crippen molar-refractivity contribution in [1.29, 1.82) is 0 Å². The van der Waals surface area contributed by atoms with Gasteiger partial charge in [-0.3, -0.25) is 0 Å². The van der Waals surface area contributed by atoms with Gasteiger partial charge in [0, 0.05) is 17.2 Å². The zero-order valence-electron chi connectivity index (χ0n) is 14.4. The molecule has 0 bridgehead atoms. The average molecular weight is 352 g/mol. The molecule has 0 aliphatic carbocycles. The number of esters is 1. The summed E-state index contributed by atoms with van der Waals surface area (Å²) >= 11 is 0. The predicted molar refractivity (Wildman–Crippen MR) is 94.3 cm³/mol. The molecule has 0 saturated heterocycles. The van der Waals surface area contributed by atoms with Crippen LogP contribution in [-0.2, 0) is 16.1 Å². The van der Waals surface area contributed by atoms with E-state index in [-0.39, 0.29) is 12.5 Å². The number of benzene rings is 2. The van der Waals surface area contributed by atoms with E-state index >= 15 is 0 Å². The van der Waals surface area contributed by atoms with Crippen molar-refractivity contribution in [3.05, 3.63) is 77.4 Å². The van der Waals surface area contributed by atoms with Gasteiger partial charge in [0.1, 0.15) is 5.82 Å². The van der Waals surface area contributed by atoms with E-state index in [9.17, 15) is 9.18 Å². The van der Waals surface area contributed by atoms with Crippen LogP contribution >= 0.6 is 0 Å². The van der Waals surface area contributed by atoms with Crippen LogP contribution in [0.25, 0.3) is 17.0 Å². The van der Waals surface area contributed by atoms with Crippen LogP contribution < -0.4 is 0 Å². The number of hydrogen-bond donors (Lipinski definition) is 0. The highest BCUT2D eigenvalue weighted by Crippen LogP contribution is 2.20. The second-order valence-electron chi connectivity index (χ2n) is 5.74. The van der Waals surface area contributed by atoms with Gasteiger partial charge in [0.05, 0.1) is 0 Å². The first kappa shape index (κ1) is 17.5. The lowest BCUT2D eigenvalue weighted by Crippen LogP contribution is -2.02. The third-order valence-electron chi connectivity index (χ3n) is 3.83. The Hall–Kier alpha value is -3.28. The molecule has 26 heavy (non-hydrogen) atoms. The molecule has 0 saturated carbocycles. The lowest BCUT2D eigenvalue weighted by molar-refractivity contribution is -0.139. The quantitative estimate of drug-likeness (QED) is 0.505. The first-order valence-corrected chi connectivity index (χ1v) is 8.03. The molecule has 132 valence electrons. The largest absolute Gasteiger partial charge is 0.452 e. The average Bonchev–Trinajstić information content (AvgIpc) is 3.09. The van der Waals surface area contributed by atoms with Crippen LogP contribution in [0.5, 0.6) is 0 Å². The van der Waals surface area contributed by atoms with E-state index in [1.165, 1.54) is 12.1 Å². The fourth-order valence-corrected chi connectivity index (χ4v) is 2.46. The van der Waals surface area contributed by atoms with Gasteiger partial charge in [-0.25, -0.2) is 9.18 Å². The van der Waals surface area contributed by atoms with Crippen molar-refractivity contribution in [3.63, 3.8) is 0 Å². The molecule has 0 amide bonds. The molecule has 0 aliphatic rings. The standard InChI is InChI=1S/C20H17FN2O3/c1-13-7-3-4-9-16(13)20-22-18(26-23-20)12-25-19(24)11-14(2)15-8-5-6-10-17(15)21/h3-11H,12H2,1-2H3/b14-11+. The summed E-state index contributed by atoms with van der Waals surface area (Å²) in [6, 6.07) is 13.9. The lowest BCUT2D eigenvalue weighted by atomic mass is 10.1. The summed E-state index contributed by atoms with van der Waals surface area (Å²) in [5, 5.41) is 3.90. The Bertz CT molecular complexity index is 963. The molecule has 1 heterocycles. The van der Waals surface area contributed by atoms with E-state index in [2.05, 4.69) is 10.1 Å². The van der Waals surface area contributed by atoms with Gasteiger partial charge in [-0.2, -0.15) is 4.98 Å². The van der Waals surface area contributed by atoms with Crippen LogP contribution in [0.4, 0.5) is 4.39 Å². The Morgan fingerprint density at radius 1 is 1.19 bits per heavy atom. The first-order valence-electron chi connectivity index (χ1n) is 8.03. The van der Waals surface area contributed by atoms with Gasteiger partial charge in [-0.1, -0.05) is 47.6 Å². The zero-order chi connectivity index (χ0) is 18.5.